The van der Waals surface area contributed by atoms with Gasteiger partial charge in [-0.15, -0.1) is 0 Å². The van der Waals surface area contributed by atoms with E-state index in [1.165, 1.54) is 0 Å². The molecule has 1 rings (SSSR count). The van der Waals surface area contributed by atoms with Crippen molar-refractivity contribution >= 4 is 0 Å². The lowest BCUT2D eigenvalue weighted by atomic mass is 9.93. The van der Waals surface area contributed by atoms with Gasteiger partial charge in [0.15, 0.2) is 11.5 Å². The monoisotopic (exact) mass is 328 g/mol. The van der Waals surface area contributed by atoms with Crippen molar-refractivity contribution in [1.29, 1.82) is 0 Å². The van der Waals surface area contributed by atoms with E-state index in [-0.39, 0.29) is 29.6 Å². The van der Waals surface area contributed by atoms with Crippen molar-refractivity contribution < 1.29 is 20.1 Å². The van der Waals surface area contributed by atoms with Crippen LogP contribution in [0.25, 0.3) is 0 Å². The molecule has 3 N–H and O–H groups in total. The van der Waals surface area contributed by atoms with E-state index in [4.69, 9.17) is 9.84 Å². The smallest absolute Gasteiger partial charge is 0.168 e. The Labute approximate surface area is 142 Å². The topological polar surface area (TPSA) is 69.9 Å². The summed E-state index contributed by atoms with van der Waals surface area (Å²) in [5.41, 5.74) is 2.08. The highest BCUT2D eigenvalue weighted by molar-refractivity contribution is 5.61. The van der Waals surface area contributed by atoms with E-state index >= 15 is 0 Å². The number of aromatic hydroxyl groups is 2. The Kier molecular flexibility index (Phi) is 11.6. The van der Waals surface area contributed by atoms with Crippen LogP contribution in [0.15, 0.2) is 0 Å². The van der Waals surface area contributed by atoms with Gasteiger partial charge in [-0.2, -0.15) is 0 Å². The first-order valence-electron chi connectivity index (χ1n) is 8.40. The molecule has 1 aromatic rings. The molecule has 0 heterocycles. The van der Waals surface area contributed by atoms with Gasteiger partial charge in [-0.1, -0.05) is 27.7 Å². The third-order valence-electron chi connectivity index (χ3n) is 2.86. The van der Waals surface area contributed by atoms with Crippen LogP contribution in [0, 0.1) is 13.8 Å². The van der Waals surface area contributed by atoms with Crippen molar-refractivity contribution in [2.24, 2.45) is 0 Å². The highest BCUT2D eigenvalue weighted by Gasteiger charge is 2.22. The molecule has 0 radical (unpaired) electrons. The van der Waals surface area contributed by atoms with Crippen LogP contribution < -0.4 is 4.74 Å². The Hall–Kier alpha value is -1.42. The van der Waals surface area contributed by atoms with Crippen molar-refractivity contribution in [2.45, 2.75) is 87.4 Å². The van der Waals surface area contributed by atoms with Gasteiger partial charge in [0, 0.05) is 22.8 Å². The predicted octanol–water partition coefficient (Wildman–Crippen LogP) is 5.04. The van der Waals surface area contributed by atoms with Gasteiger partial charge >= 0.3 is 0 Å². The average molecular weight is 328 g/mol. The summed E-state index contributed by atoms with van der Waals surface area (Å²) >= 11 is 0. The normalized spacial score (nSPS) is 10.2. The largest absolute Gasteiger partial charge is 0.507 e. The molecule has 0 aliphatic rings. The van der Waals surface area contributed by atoms with Crippen molar-refractivity contribution in [2.75, 3.05) is 0 Å². The van der Waals surface area contributed by atoms with Crippen molar-refractivity contribution in [3.8, 4) is 17.2 Å². The second kappa shape index (κ2) is 11.2. The minimum absolute atomic E-state index is 0.0386. The van der Waals surface area contributed by atoms with Crippen LogP contribution in [0.2, 0.25) is 0 Å². The summed E-state index contributed by atoms with van der Waals surface area (Å²) in [5.74, 6) is 0.913. The molecule has 0 saturated carbocycles. The fraction of sp³-hybridized carbons (Fsp3) is 0.684. The maximum atomic E-state index is 10.2. The Morgan fingerprint density at radius 2 is 1.17 bits per heavy atom. The number of phenolic OH excluding ortho intramolecular Hbond substituents is 2. The van der Waals surface area contributed by atoms with Crippen LogP contribution in [-0.4, -0.2) is 27.5 Å². The summed E-state index contributed by atoms with van der Waals surface area (Å²) in [4.78, 5) is 0. The second-order valence-electron chi connectivity index (χ2n) is 6.11. The molecule has 23 heavy (non-hydrogen) atoms. The Morgan fingerprint density at radius 3 is 1.48 bits per heavy atom. The summed E-state index contributed by atoms with van der Waals surface area (Å²) in [6.07, 6.45) is -0.205. The van der Waals surface area contributed by atoms with Gasteiger partial charge in [0.2, 0.25) is 0 Å². The first kappa shape index (κ1) is 23.8. The average Bonchev–Trinajstić information content (AvgIpc) is 2.42. The van der Waals surface area contributed by atoms with E-state index in [1.54, 1.807) is 27.7 Å². The van der Waals surface area contributed by atoms with Crippen LogP contribution in [-0.2, 0) is 0 Å². The standard InChI is InChI=1S/C14H22O3.C3H8O.C2H6/c1-7(2)11-9(5)13(16)14(17-8(3)4)10(6)12(11)15;1-3(2)4;1-2/h7-8,15-16H,1-6H3;3-4H,1-2H3;1-2H3. The third-order valence-corrected chi connectivity index (χ3v) is 2.86. The van der Waals surface area contributed by atoms with Crippen LogP contribution in [0.3, 0.4) is 0 Å². The molecular weight excluding hydrogens is 292 g/mol. The van der Waals surface area contributed by atoms with E-state index in [2.05, 4.69) is 0 Å². The number of hydrogen-bond donors (Lipinski definition) is 3. The van der Waals surface area contributed by atoms with Crippen LogP contribution in [0.4, 0.5) is 0 Å². The number of aliphatic hydroxyl groups is 1. The molecule has 0 aliphatic heterocycles. The molecule has 136 valence electrons. The van der Waals surface area contributed by atoms with Crippen LogP contribution in [0.5, 0.6) is 17.2 Å². The number of ether oxygens (including phenoxy) is 1. The molecule has 0 atom stereocenters. The zero-order valence-corrected chi connectivity index (χ0v) is 16.5. The van der Waals surface area contributed by atoms with Gasteiger partial charge in [0.25, 0.3) is 0 Å². The van der Waals surface area contributed by atoms with Crippen molar-refractivity contribution in [3.63, 3.8) is 0 Å². The molecule has 0 aliphatic carbocycles. The molecule has 4 nitrogen and oxygen atoms in total. The third kappa shape index (κ3) is 7.60. The van der Waals surface area contributed by atoms with Gasteiger partial charge in [-0.25, -0.2) is 0 Å². The summed E-state index contributed by atoms with van der Waals surface area (Å²) < 4.78 is 5.56. The van der Waals surface area contributed by atoms with E-state index in [1.807, 2.05) is 41.5 Å². The molecule has 0 saturated heterocycles. The molecular formula is C19H36O4. The molecule has 0 spiro atoms. The quantitative estimate of drug-likeness (QED) is 0.680. The summed E-state index contributed by atoms with van der Waals surface area (Å²) in [6.45, 7) is 18.8. The fourth-order valence-electron chi connectivity index (χ4n) is 2.05. The zero-order chi connectivity index (χ0) is 18.9. The Morgan fingerprint density at radius 1 is 0.783 bits per heavy atom. The van der Waals surface area contributed by atoms with Gasteiger partial charge < -0.3 is 20.1 Å². The van der Waals surface area contributed by atoms with Gasteiger partial charge in [-0.3, -0.25) is 0 Å². The Balaban J connectivity index is 0. The SMILES string of the molecule is CC.CC(C)O.Cc1c(O)c(C(C)C)c(C)c(O)c1OC(C)C. The lowest BCUT2D eigenvalue weighted by Crippen LogP contribution is -2.08. The number of phenols is 2. The number of rotatable bonds is 3. The van der Waals surface area contributed by atoms with Crippen LogP contribution >= 0.6 is 0 Å². The van der Waals surface area contributed by atoms with E-state index in [0.29, 0.717) is 16.9 Å². The first-order chi connectivity index (χ1) is 10.5. The highest BCUT2D eigenvalue weighted by Crippen LogP contribution is 2.45. The number of hydrogen-bond acceptors (Lipinski definition) is 4. The van der Waals surface area contributed by atoms with Gasteiger partial charge in [-0.05, 0) is 47.5 Å². The maximum absolute atomic E-state index is 10.2. The molecule has 0 fully saturated rings. The van der Waals surface area contributed by atoms with E-state index in [0.717, 1.165) is 5.56 Å². The van der Waals surface area contributed by atoms with E-state index < -0.39 is 0 Å². The molecule has 0 aromatic heterocycles. The summed E-state index contributed by atoms with van der Waals surface area (Å²) in [5, 5.41) is 28.4. The summed E-state index contributed by atoms with van der Waals surface area (Å²) in [7, 11) is 0. The molecule has 0 amide bonds. The fourth-order valence-corrected chi connectivity index (χ4v) is 2.05. The van der Waals surface area contributed by atoms with Crippen LogP contribution in [0.1, 0.15) is 78.0 Å². The number of aliphatic hydroxyl groups excluding tert-OH is 1. The zero-order valence-electron chi connectivity index (χ0n) is 16.5. The van der Waals surface area contributed by atoms with E-state index in [9.17, 15) is 10.2 Å². The molecule has 1 aromatic carbocycles. The molecule has 0 unspecified atom stereocenters. The van der Waals surface area contributed by atoms with Crippen molar-refractivity contribution in [3.05, 3.63) is 16.7 Å². The molecule has 0 bridgehead atoms. The lowest BCUT2D eigenvalue weighted by molar-refractivity contribution is 0.216. The first-order valence-corrected chi connectivity index (χ1v) is 8.40. The summed E-state index contributed by atoms with van der Waals surface area (Å²) in [6, 6.07) is 0. The highest BCUT2D eigenvalue weighted by atomic mass is 16.5. The predicted molar refractivity (Wildman–Crippen MR) is 97.8 cm³/mol. The number of benzene rings is 1. The molecule has 4 heteroatoms. The maximum Gasteiger partial charge on any atom is 0.168 e. The van der Waals surface area contributed by atoms with Gasteiger partial charge in [0.05, 0.1) is 6.10 Å². The Bertz CT molecular complexity index is 431. The minimum atomic E-state index is -0.167. The van der Waals surface area contributed by atoms with Crippen molar-refractivity contribution in [1.82, 2.24) is 0 Å². The minimum Gasteiger partial charge on any atom is -0.507 e. The second-order valence-corrected chi connectivity index (χ2v) is 6.11. The lowest BCUT2D eigenvalue weighted by Gasteiger charge is -2.21. The van der Waals surface area contributed by atoms with Gasteiger partial charge in [0.1, 0.15) is 5.75 Å².